The molecule has 0 saturated heterocycles. The van der Waals surface area contributed by atoms with Gasteiger partial charge in [0.15, 0.2) is 0 Å². The van der Waals surface area contributed by atoms with E-state index in [0.29, 0.717) is 5.92 Å². The Labute approximate surface area is 73.2 Å². The van der Waals surface area contributed by atoms with Gasteiger partial charge >= 0.3 is 0 Å². The molecule has 0 aliphatic carbocycles. The van der Waals surface area contributed by atoms with Crippen LogP contribution in [0.3, 0.4) is 0 Å². The Balaban J connectivity index is 2.86. The first-order chi connectivity index (χ1) is 5.24. The molecule has 0 radical (unpaired) electrons. The van der Waals surface area contributed by atoms with Gasteiger partial charge in [0.05, 0.1) is 0 Å². The highest BCUT2D eigenvalue weighted by Crippen LogP contribution is 2.21. The molecule has 60 valence electrons. The van der Waals surface area contributed by atoms with Crippen molar-refractivity contribution in [1.29, 1.82) is 0 Å². The first-order valence-corrected chi connectivity index (χ1v) is 4.37. The van der Waals surface area contributed by atoms with Gasteiger partial charge in [0, 0.05) is 5.02 Å². The van der Waals surface area contributed by atoms with Crippen LogP contribution >= 0.6 is 11.6 Å². The van der Waals surface area contributed by atoms with E-state index in [4.69, 9.17) is 11.6 Å². The lowest BCUT2D eigenvalue weighted by Crippen LogP contribution is -1.89. The van der Waals surface area contributed by atoms with Crippen LogP contribution in [-0.2, 0) is 0 Å². The van der Waals surface area contributed by atoms with Crippen molar-refractivity contribution < 1.29 is 0 Å². The minimum atomic E-state index is 0.619. The van der Waals surface area contributed by atoms with Crippen LogP contribution in [0.5, 0.6) is 0 Å². The zero-order chi connectivity index (χ0) is 8.27. The van der Waals surface area contributed by atoms with E-state index >= 15 is 0 Å². The maximum Gasteiger partial charge on any atom is 0.0408 e. The number of halogens is 1. The van der Waals surface area contributed by atoms with Crippen molar-refractivity contribution in [3.8, 4) is 0 Å². The minimum absolute atomic E-state index is 0.619. The second-order valence-electron chi connectivity index (χ2n) is 2.86. The van der Waals surface area contributed by atoms with Gasteiger partial charge in [-0.1, -0.05) is 37.6 Å². The smallest absolute Gasteiger partial charge is 0.0408 e. The predicted octanol–water partition coefficient (Wildman–Crippen LogP) is 3.85. The summed E-state index contributed by atoms with van der Waals surface area (Å²) in [7, 11) is 0. The quantitative estimate of drug-likeness (QED) is 0.629. The van der Waals surface area contributed by atoms with Crippen molar-refractivity contribution >= 4 is 11.6 Å². The predicted molar refractivity (Wildman–Crippen MR) is 50.2 cm³/mol. The molecule has 0 N–H and O–H groups in total. The third kappa shape index (κ3) is 2.23. The Bertz CT molecular complexity index is 230. The summed E-state index contributed by atoms with van der Waals surface area (Å²) in [5.41, 5.74) is 1.33. The summed E-state index contributed by atoms with van der Waals surface area (Å²) in [6.45, 7) is 4.40. The molecule has 0 aliphatic heterocycles. The van der Waals surface area contributed by atoms with Crippen LogP contribution in [0.2, 0.25) is 5.02 Å². The van der Waals surface area contributed by atoms with Gasteiger partial charge in [-0.05, 0) is 30.0 Å². The number of benzene rings is 1. The molecule has 0 fully saturated rings. The lowest BCUT2D eigenvalue weighted by atomic mass is 9.99. The maximum absolute atomic E-state index is 5.85. The van der Waals surface area contributed by atoms with E-state index in [1.807, 2.05) is 18.2 Å². The van der Waals surface area contributed by atoms with Crippen LogP contribution in [0.4, 0.5) is 0 Å². The SMILES string of the molecule is CC[C@@H](C)c1cccc(Cl)c1. The molecule has 0 nitrogen and oxygen atoms in total. The Kier molecular flexibility index (Phi) is 2.95. The second-order valence-corrected chi connectivity index (χ2v) is 3.30. The van der Waals surface area contributed by atoms with Gasteiger partial charge in [0.25, 0.3) is 0 Å². The van der Waals surface area contributed by atoms with E-state index in [1.54, 1.807) is 0 Å². The van der Waals surface area contributed by atoms with Crippen LogP contribution in [0.15, 0.2) is 24.3 Å². The molecule has 0 bridgehead atoms. The van der Waals surface area contributed by atoms with Crippen molar-refractivity contribution in [3.05, 3.63) is 34.9 Å². The summed E-state index contributed by atoms with van der Waals surface area (Å²) in [4.78, 5) is 0. The standard InChI is InChI=1S/C10H13Cl/c1-3-8(2)9-5-4-6-10(11)7-9/h4-8H,3H2,1-2H3/t8-/m1/s1. The Hall–Kier alpha value is -0.490. The van der Waals surface area contributed by atoms with Crippen LogP contribution in [0.1, 0.15) is 31.7 Å². The van der Waals surface area contributed by atoms with Crippen LogP contribution < -0.4 is 0 Å². The summed E-state index contributed by atoms with van der Waals surface area (Å²) in [6, 6.07) is 8.08. The third-order valence-electron chi connectivity index (χ3n) is 2.03. The topological polar surface area (TPSA) is 0 Å². The molecule has 1 atom stereocenters. The molecule has 11 heavy (non-hydrogen) atoms. The molecule has 0 saturated carbocycles. The van der Waals surface area contributed by atoms with Gasteiger partial charge in [-0.25, -0.2) is 0 Å². The van der Waals surface area contributed by atoms with Gasteiger partial charge in [0.2, 0.25) is 0 Å². The fraction of sp³-hybridized carbons (Fsp3) is 0.400. The zero-order valence-corrected chi connectivity index (χ0v) is 7.73. The summed E-state index contributed by atoms with van der Waals surface area (Å²) in [5, 5.41) is 0.836. The van der Waals surface area contributed by atoms with Gasteiger partial charge < -0.3 is 0 Å². The summed E-state index contributed by atoms with van der Waals surface area (Å²) >= 11 is 5.85. The zero-order valence-electron chi connectivity index (χ0n) is 6.97. The van der Waals surface area contributed by atoms with Crippen molar-refractivity contribution in [2.45, 2.75) is 26.2 Å². The fourth-order valence-corrected chi connectivity index (χ4v) is 1.25. The van der Waals surface area contributed by atoms with Gasteiger partial charge in [0.1, 0.15) is 0 Å². The summed E-state index contributed by atoms with van der Waals surface area (Å²) < 4.78 is 0. The Morgan fingerprint density at radius 3 is 2.73 bits per heavy atom. The number of hydrogen-bond acceptors (Lipinski definition) is 0. The van der Waals surface area contributed by atoms with E-state index in [1.165, 1.54) is 12.0 Å². The maximum atomic E-state index is 5.85. The number of hydrogen-bond donors (Lipinski definition) is 0. The van der Waals surface area contributed by atoms with E-state index in [9.17, 15) is 0 Å². The normalized spacial score (nSPS) is 13.0. The van der Waals surface area contributed by atoms with Crippen molar-refractivity contribution in [2.24, 2.45) is 0 Å². The molecule has 0 unspecified atom stereocenters. The van der Waals surface area contributed by atoms with E-state index in [2.05, 4.69) is 19.9 Å². The summed E-state index contributed by atoms with van der Waals surface area (Å²) in [6.07, 6.45) is 1.17. The molecule has 1 aromatic rings. The molecule has 1 aromatic carbocycles. The first-order valence-electron chi connectivity index (χ1n) is 3.99. The van der Waals surface area contributed by atoms with Crippen LogP contribution in [0.25, 0.3) is 0 Å². The van der Waals surface area contributed by atoms with E-state index < -0.39 is 0 Å². The lowest BCUT2D eigenvalue weighted by molar-refractivity contribution is 0.734. The molecule has 1 heteroatoms. The average molecular weight is 169 g/mol. The average Bonchev–Trinajstić information content (AvgIpc) is 2.03. The highest BCUT2D eigenvalue weighted by atomic mass is 35.5. The van der Waals surface area contributed by atoms with Crippen LogP contribution in [-0.4, -0.2) is 0 Å². The van der Waals surface area contributed by atoms with E-state index in [0.717, 1.165) is 5.02 Å². The molecule has 0 spiro atoms. The monoisotopic (exact) mass is 168 g/mol. The Morgan fingerprint density at radius 2 is 2.18 bits per heavy atom. The minimum Gasteiger partial charge on any atom is -0.0843 e. The molecule has 1 rings (SSSR count). The van der Waals surface area contributed by atoms with Crippen molar-refractivity contribution in [1.82, 2.24) is 0 Å². The molecule has 0 aliphatic rings. The number of rotatable bonds is 2. The van der Waals surface area contributed by atoms with Crippen molar-refractivity contribution in [3.63, 3.8) is 0 Å². The molecule has 0 amide bonds. The molecular formula is C10H13Cl. The Morgan fingerprint density at radius 1 is 1.45 bits per heavy atom. The molecule has 0 heterocycles. The third-order valence-corrected chi connectivity index (χ3v) is 2.27. The summed E-state index contributed by atoms with van der Waals surface area (Å²) in [5.74, 6) is 0.619. The highest BCUT2D eigenvalue weighted by molar-refractivity contribution is 6.30. The fourth-order valence-electron chi connectivity index (χ4n) is 1.05. The second kappa shape index (κ2) is 3.77. The molecule has 0 aromatic heterocycles. The largest absolute Gasteiger partial charge is 0.0843 e. The highest BCUT2D eigenvalue weighted by Gasteiger charge is 2.01. The van der Waals surface area contributed by atoms with E-state index in [-0.39, 0.29) is 0 Å². The van der Waals surface area contributed by atoms with Gasteiger partial charge in [-0.2, -0.15) is 0 Å². The lowest BCUT2D eigenvalue weighted by Gasteiger charge is -2.07. The van der Waals surface area contributed by atoms with Crippen LogP contribution in [0, 0.1) is 0 Å². The van der Waals surface area contributed by atoms with Crippen molar-refractivity contribution in [2.75, 3.05) is 0 Å². The van der Waals surface area contributed by atoms with Gasteiger partial charge in [-0.3, -0.25) is 0 Å². The first kappa shape index (κ1) is 8.61. The molecular weight excluding hydrogens is 156 g/mol. The van der Waals surface area contributed by atoms with Gasteiger partial charge in [-0.15, -0.1) is 0 Å².